The van der Waals surface area contributed by atoms with Crippen molar-refractivity contribution in [2.45, 2.75) is 26.3 Å². The van der Waals surface area contributed by atoms with Crippen molar-refractivity contribution in [2.75, 3.05) is 17.2 Å². The zero-order valence-electron chi connectivity index (χ0n) is 11.7. The highest BCUT2D eigenvalue weighted by molar-refractivity contribution is 5.91. The van der Waals surface area contributed by atoms with Gasteiger partial charge in [-0.05, 0) is 12.8 Å². The molecule has 21 heavy (non-hydrogen) atoms. The Bertz CT molecular complexity index is 787. The number of nitrogens with zero attached hydrogens (tertiary/aromatic N) is 5. The zero-order valence-corrected chi connectivity index (χ0v) is 11.7. The van der Waals surface area contributed by atoms with E-state index in [1.165, 1.54) is 6.33 Å². The molecule has 0 spiro atoms. The highest BCUT2D eigenvalue weighted by Crippen LogP contribution is 2.30. The van der Waals surface area contributed by atoms with Crippen LogP contribution in [0.2, 0.25) is 0 Å². The van der Waals surface area contributed by atoms with Crippen LogP contribution in [0.1, 0.15) is 19.0 Å². The van der Waals surface area contributed by atoms with Crippen molar-refractivity contribution in [3.8, 4) is 0 Å². The molecule has 0 atom stereocenters. The van der Waals surface area contributed by atoms with E-state index < -0.39 is 0 Å². The summed E-state index contributed by atoms with van der Waals surface area (Å²) in [6.07, 6.45) is 5.29. The first-order valence-corrected chi connectivity index (χ1v) is 7.11. The second-order valence-electron chi connectivity index (χ2n) is 5.01. The average Bonchev–Trinajstić information content (AvgIpc) is 3.12. The Morgan fingerprint density at radius 3 is 3.24 bits per heavy atom. The van der Waals surface area contributed by atoms with E-state index in [9.17, 15) is 0 Å². The summed E-state index contributed by atoms with van der Waals surface area (Å²) in [7, 11) is 0. The fourth-order valence-corrected chi connectivity index (χ4v) is 2.66. The molecule has 8 nitrogen and oxygen atoms in total. The SMILES string of the molecule is CCc1[nH]nc2ncnc(Nc3cnn4c3NCCC4)c12. The van der Waals surface area contributed by atoms with E-state index in [4.69, 9.17) is 0 Å². The molecule has 4 rings (SSSR count). The number of rotatable bonds is 3. The van der Waals surface area contributed by atoms with Crippen LogP contribution >= 0.6 is 0 Å². The topological polar surface area (TPSA) is 96.3 Å². The van der Waals surface area contributed by atoms with Crippen molar-refractivity contribution in [3.05, 3.63) is 18.2 Å². The molecule has 0 unspecified atom stereocenters. The lowest BCUT2D eigenvalue weighted by Crippen LogP contribution is -2.18. The summed E-state index contributed by atoms with van der Waals surface area (Å²) in [5.74, 6) is 1.77. The van der Waals surface area contributed by atoms with E-state index in [1.807, 2.05) is 10.9 Å². The number of hydrogen-bond donors (Lipinski definition) is 3. The Morgan fingerprint density at radius 2 is 2.33 bits per heavy atom. The van der Waals surface area contributed by atoms with Gasteiger partial charge in [-0.2, -0.15) is 10.2 Å². The van der Waals surface area contributed by atoms with E-state index in [1.54, 1.807) is 0 Å². The number of aryl methyl sites for hydroxylation is 2. The fourth-order valence-electron chi connectivity index (χ4n) is 2.66. The standard InChI is InChI=1S/C13H16N8/c1-2-8-10-11(15-7-16-12(10)20-19-8)18-9-6-17-21-5-3-4-14-13(9)21/h6-7,14H,2-5H2,1H3,(H2,15,16,18,19,20). The van der Waals surface area contributed by atoms with Gasteiger partial charge in [0.2, 0.25) is 0 Å². The molecule has 1 aliphatic rings. The summed E-state index contributed by atoms with van der Waals surface area (Å²) >= 11 is 0. The van der Waals surface area contributed by atoms with E-state index >= 15 is 0 Å². The van der Waals surface area contributed by atoms with Crippen molar-refractivity contribution < 1.29 is 0 Å². The van der Waals surface area contributed by atoms with Crippen LogP contribution in [0.3, 0.4) is 0 Å². The van der Waals surface area contributed by atoms with Gasteiger partial charge in [0.25, 0.3) is 0 Å². The third-order valence-electron chi connectivity index (χ3n) is 3.71. The minimum absolute atomic E-state index is 0.679. The van der Waals surface area contributed by atoms with Crippen LogP contribution < -0.4 is 10.6 Å². The zero-order chi connectivity index (χ0) is 14.2. The van der Waals surface area contributed by atoms with Crippen molar-refractivity contribution in [2.24, 2.45) is 0 Å². The van der Waals surface area contributed by atoms with Gasteiger partial charge in [-0.3, -0.25) is 5.10 Å². The predicted octanol–water partition coefficient (Wildman–Crippen LogP) is 1.67. The molecule has 0 aliphatic carbocycles. The number of aromatic nitrogens is 6. The van der Waals surface area contributed by atoms with Crippen molar-refractivity contribution in [3.63, 3.8) is 0 Å². The molecule has 0 saturated heterocycles. The molecule has 3 aromatic heterocycles. The molecule has 0 amide bonds. The van der Waals surface area contributed by atoms with Gasteiger partial charge in [0, 0.05) is 18.8 Å². The predicted molar refractivity (Wildman–Crippen MR) is 79.7 cm³/mol. The third kappa shape index (κ3) is 1.91. The Hall–Kier alpha value is -2.64. The van der Waals surface area contributed by atoms with Gasteiger partial charge in [0.1, 0.15) is 23.7 Å². The Morgan fingerprint density at radius 1 is 1.38 bits per heavy atom. The molecule has 3 N–H and O–H groups in total. The minimum Gasteiger partial charge on any atom is -0.368 e. The van der Waals surface area contributed by atoms with Crippen molar-refractivity contribution in [1.29, 1.82) is 0 Å². The van der Waals surface area contributed by atoms with Crippen LogP contribution in [-0.4, -0.2) is 36.5 Å². The molecule has 8 heteroatoms. The van der Waals surface area contributed by atoms with Crippen molar-refractivity contribution >= 4 is 28.4 Å². The Balaban J connectivity index is 1.77. The molecule has 1 aliphatic heterocycles. The average molecular weight is 284 g/mol. The molecule has 0 aromatic carbocycles. The van der Waals surface area contributed by atoms with Gasteiger partial charge in [0.05, 0.1) is 11.6 Å². The maximum Gasteiger partial charge on any atom is 0.186 e. The number of fused-ring (bicyclic) bond motifs is 2. The maximum atomic E-state index is 4.39. The molecule has 0 saturated carbocycles. The molecule has 3 aromatic rings. The first-order valence-electron chi connectivity index (χ1n) is 7.11. The number of hydrogen-bond acceptors (Lipinski definition) is 6. The second kappa shape index (κ2) is 4.72. The molecular formula is C13H16N8. The number of nitrogens with one attached hydrogen (secondary N) is 3. The summed E-state index contributed by atoms with van der Waals surface area (Å²) in [5.41, 5.74) is 2.64. The molecule has 4 heterocycles. The van der Waals surface area contributed by atoms with Crippen LogP contribution in [0, 0.1) is 0 Å². The number of anilines is 3. The Labute approximate surface area is 121 Å². The highest BCUT2D eigenvalue weighted by atomic mass is 15.4. The number of aromatic amines is 1. The molecule has 0 bridgehead atoms. The van der Waals surface area contributed by atoms with E-state index in [0.29, 0.717) is 5.65 Å². The molecule has 0 fully saturated rings. The van der Waals surface area contributed by atoms with E-state index in [0.717, 1.165) is 54.3 Å². The molecule has 108 valence electrons. The van der Waals surface area contributed by atoms with Crippen LogP contribution in [0.15, 0.2) is 12.5 Å². The van der Waals surface area contributed by atoms with Gasteiger partial charge in [-0.25, -0.2) is 14.6 Å². The van der Waals surface area contributed by atoms with Gasteiger partial charge < -0.3 is 10.6 Å². The van der Waals surface area contributed by atoms with Crippen molar-refractivity contribution in [1.82, 2.24) is 29.9 Å². The van der Waals surface area contributed by atoms with Crippen LogP contribution in [-0.2, 0) is 13.0 Å². The smallest absolute Gasteiger partial charge is 0.186 e. The Kier molecular flexibility index (Phi) is 2.73. The summed E-state index contributed by atoms with van der Waals surface area (Å²) in [6.45, 7) is 3.98. The van der Waals surface area contributed by atoms with Crippen LogP contribution in [0.4, 0.5) is 17.3 Å². The number of H-pyrrole nitrogens is 1. The largest absolute Gasteiger partial charge is 0.368 e. The van der Waals surface area contributed by atoms with Gasteiger partial charge in [0.15, 0.2) is 5.65 Å². The summed E-state index contributed by atoms with van der Waals surface area (Å²) < 4.78 is 1.97. The third-order valence-corrected chi connectivity index (χ3v) is 3.71. The fraction of sp³-hybridized carbons (Fsp3) is 0.385. The van der Waals surface area contributed by atoms with Gasteiger partial charge in [-0.1, -0.05) is 6.92 Å². The summed E-state index contributed by atoms with van der Waals surface area (Å²) in [4.78, 5) is 8.56. The minimum atomic E-state index is 0.679. The summed E-state index contributed by atoms with van der Waals surface area (Å²) in [6, 6.07) is 0. The van der Waals surface area contributed by atoms with E-state index in [2.05, 4.69) is 42.8 Å². The van der Waals surface area contributed by atoms with Crippen LogP contribution in [0.5, 0.6) is 0 Å². The lowest BCUT2D eigenvalue weighted by atomic mass is 10.2. The normalized spacial score (nSPS) is 14.0. The van der Waals surface area contributed by atoms with Gasteiger partial charge >= 0.3 is 0 Å². The lowest BCUT2D eigenvalue weighted by Gasteiger charge is -2.17. The lowest BCUT2D eigenvalue weighted by molar-refractivity contribution is 0.568. The maximum absolute atomic E-state index is 4.39. The molecule has 0 radical (unpaired) electrons. The first-order chi connectivity index (χ1) is 10.4. The van der Waals surface area contributed by atoms with E-state index in [-0.39, 0.29) is 0 Å². The van der Waals surface area contributed by atoms with Gasteiger partial charge in [-0.15, -0.1) is 0 Å². The summed E-state index contributed by atoms with van der Waals surface area (Å²) in [5, 5.41) is 19.3. The molecular weight excluding hydrogens is 268 g/mol. The monoisotopic (exact) mass is 284 g/mol. The first kappa shape index (κ1) is 12.1. The quantitative estimate of drug-likeness (QED) is 0.677. The highest BCUT2D eigenvalue weighted by Gasteiger charge is 2.17. The second-order valence-corrected chi connectivity index (χ2v) is 5.01. The van der Waals surface area contributed by atoms with Crippen LogP contribution in [0.25, 0.3) is 11.0 Å².